The summed E-state index contributed by atoms with van der Waals surface area (Å²) >= 11 is 0. The molecule has 108 valence electrons. The highest BCUT2D eigenvalue weighted by Crippen LogP contribution is 2.32. The molecule has 20 heavy (non-hydrogen) atoms. The molecule has 0 atom stereocenters. The zero-order valence-corrected chi connectivity index (χ0v) is 10.4. The third-order valence-electron chi connectivity index (χ3n) is 2.70. The second-order valence-corrected chi connectivity index (χ2v) is 4.01. The van der Waals surface area contributed by atoms with Gasteiger partial charge in [0.1, 0.15) is 5.82 Å². The number of rotatable bonds is 3. The third-order valence-corrected chi connectivity index (χ3v) is 2.70. The summed E-state index contributed by atoms with van der Waals surface area (Å²) in [4.78, 5) is 11.7. The van der Waals surface area contributed by atoms with Crippen molar-refractivity contribution in [1.29, 1.82) is 0 Å². The molecule has 1 heterocycles. The molecule has 0 N–H and O–H groups in total. The van der Waals surface area contributed by atoms with Crippen molar-refractivity contribution >= 4 is 0 Å². The monoisotopic (exact) mass is 290 g/mol. The van der Waals surface area contributed by atoms with Crippen molar-refractivity contribution in [3.05, 3.63) is 45.6 Å². The SMILES string of the molecule is CCn1nnn(Cc2cccc(C(F)(F)F)c2F)c1=O. The topological polar surface area (TPSA) is 52.7 Å². The molecule has 2 aromatic rings. The highest BCUT2D eigenvalue weighted by Gasteiger charge is 2.34. The van der Waals surface area contributed by atoms with Crippen LogP contribution in [0.5, 0.6) is 0 Å². The zero-order valence-electron chi connectivity index (χ0n) is 10.4. The lowest BCUT2D eigenvalue weighted by Crippen LogP contribution is -2.25. The van der Waals surface area contributed by atoms with Gasteiger partial charge in [0, 0.05) is 12.1 Å². The van der Waals surface area contributed by atoms with Crippen LogP contribution in [-0.4, -0.2) is 19.8 Å². The Hall–Kier alpha value is -2.19. The van der Waals surface area contributed by atoms with Gasteiger partial charge >= 0.3 is 11.9 Å². The summed E-state index contributed by atoms with van der Waals surface area (Å²) in [6, 6.07) is 2.89. The summed E-state index contributed by atoms with van der Waals surface area (Å²) < 4.78 is 53.3. The molecule has 1 aromatic carbocycles. The van der Waals surface area contributed by atoms with Gasteiger partial charge in [-0.15, -0.1) is 0 Å². The molecule has 5 nitrogen and oxygen atoms in total. The number of hydrogen-bond donors (Lipinski definition) is 0. The Balaban J connectivity index is 2.40. The van der Waals surface area contributed by atoms with E-state index in [1.54, 1.807) is 6.92 Å². The quantitative estimate of drug-likeness (QED) is 0.808. The molecule has 1 aromatic heterocycles. The van der Waals surface area contributed by atoms with Crippen LogP contribution in [0.1, 0.15) is 18.1 Å². The third kappa shape index (κ3) is 2.56. The fraction of sp³-hybridized carbons (Fsp3) is 0.364. The first-order valence-electron chi connectivity index (χ1n) is 5.69. The van der Waals surface area contributed by atoms with Gasteiger partial charge in [-0.25, -0.2) is 9.18 Å². The predicted molar refractivity (Wildman–Crippen MR) is 60.5 cm³/mol. The first-order valence-corrected chi connectivity index (χ1v) is 5.69. The molecule has 0 fully saturated rings. The van der Waals surface area contributed by atoms with Gasteiger partial charge in [0.25, 0.3) is 0 Å². The molecule has 0 saturated heterocycles. The van der Waals surface area contributed by atoms with E-state index in [1.807, 2.05) is 0 Å². The predicted octanol–water partition coefficient (Wildman–Crippen LogP) is 1.67. The molecule has 0 unspecified atom stereocenters. The Labute approximate surface area is 110 Å². The number of hydrogen-bond acceptors (Lipinski definition) is 3. The molecule has 0 bridgehead atoms. The van der Waals surface area contributed by atoms with Crippen LogP contribution in [-0.2, 0) is 19.3 Å². The smallest absolute Gasteiger partial charge is 0.244 e. The van der Waals surface area contributed by atoms with E-state index >= 15 is 0 Å². The van der Waals surface area contributed by atoms with E-state index in [0.29, 0.717) is 6.07 Å². The molecule has 0 saturated carbocycles. The average Bonchev–Trinajstić information content (AvgIpc) is 2.71. The van der Waals surface area contributed by atoms with Crippen LogP contribution in [0.3, 0.4) is 0 Å². The van der Waals surface area contributed by atoms with Gasteiger partial charge in [-0.05, 0) is 23.4 Å². The molecular weight excluding hydrogens is 280 g/mol. The number of halogens is 4. The van der Waals surface area contributed by atoms with Gasteiger partial charge in [0.05, 0.1) is 12.1 Å². The maximum absolute atomic E-state index is 13.8. The number of alkyl halides is 3. The Morgan fingerprint density at radius 3 is 2.40 bits per heavy atom. The average molecular weight is 290 g/mol. The Morgan fingerprint density at radius 2 is 1.85 bits per heavy atom. The fourth-order valence-electron chi connectivity index (χ4n) is 1.69. The minimum absolute atomic E-state index is 0.268. The molecular formula is C11H10F4N4O. The number of aryl methyl sites for hydroxylation is 1. The molecule has 0 radical (unpaired) electrons. The largest absolute Gasteiger partial charge is 0.419 e. The van der Waals surface area contributed by atoms with Crippen LogP contribution in [0.15, 0.2) is 23.0 Å². The van der Waals surface area contributed by atoms with Gasteiger partial charge in [-0.2, -0.15) is 22.5 Å². The van der Waals surface area contributed by atoms with E-state index in [2.05, 4.69) is 10.4 Å². The van der Waals surface area contributed by atoms with Crippen molar-refractivity contribution < 1.29 is 17.6 Å². The lowest BCUT2D eigenvalue weighted by atomic mass is 10.1. The molecule has 0 aliphatic heterocycles. The molecule has 2 rings (SSSR count). The van der Waals surface area contributed by atoms with Crippen molar-refractivity contribution in [3.63, 3.8) is 0 Å². The summed E-state index contributed by atoms with van der Waals surface area (Å²) in [5, 5.41) is 6.99. The van der Waals surface area contributed by atoms with Crippen molar-refractivity contribution in [1.82, 2.24) is 19.8 Å². The summed E-state index contributed by atoms with van der Waals surface area (Å²) in [6.45, 7) is 1.52. The fourth-order valence-corrected chi connectivity index (χ4v) is 1.69. The number of nitrogens with zero attached hydrogens (tertiary/aromatic N) is 4. The van der Waals surface area contributed by atoms with E-state index < -0.39 is 29.8 Å². The summed E-state index contributed by atoms with van der Waals surface area (Å²) in [5.41, 5.74) is -2.25. The van der Waals surface area contributed by atoms with Gasteiger partial charge in [-0.1, -0.05) is 12.1 Å². The number of benzene rings is 1. The first kappa shape index (κ1) is 14.2. The summed E-state index contributed by atoms with van der Waals surface area (Å²) in [5.74, 6) is -1.40. The molecule has 0 aliphatic rings. The van der Waals surface area contributed by atoms with Crippen LogP contribution >= 0.6 is 0 Å². The van der Waals surface area contributed by atoms with Crippen LogP contribution in [0, 0.1) is 5.82 Å². The zero-order chi connectivity index (χ0) is 14.9. The lowest BCUT2D eigenvalue weighted by Gasteiger charge is -2.10. The van der Waals surface area contributed by atoms with E-state index in [9.17, 15) is 22.4 Å². The van der Waals surface area contributed by atoms with Crippen LogP contribution < -0.4 is 5.69 Å². The lowest BCUT2D eigenvalue weighted by molar-refractivity contribution is -0.140. The van der Waals surface area contributed by atoms with E-state index in [-0.39, 0.29) is 12.1 Å². The highest BCUT2D eigenvalue weighted by molar-refractivity contribution is 5.28. The molecule has 0 spiro atoms. The van der Waals surface area contributed by atoms with Gasteiger partial charge in [-0.3, -0.25) is 0 Å². The molecule has 9 heteroatoms. The maximum Gasteiger partial charge on any atom is 0.419 e. The standard InChI is InChI=1S/C11H10F4N4O/c1-2-18-10(20)19(17-16-18)6-7-4-3-5-8(9(7)12)11(13,14)15/h3-5H,2,6H2,1H3. The minimum atomic E-state index is -4.79. The van der Waals surface area contributed by atoms with Crippen LogP contribution in [0.2, 0.25) is 0 Å². The maximum atomic E-state index is 13.8. The summed E-state index contributed by atoms with van der Waals surface area (Å²) in [7, 11) is 0. The minimum Gasteiger partial charge on any atom is -0.244 e. The second kappa shape index (κ2) is 5.06. The highest BCUT2D eigenvalue weighted by atomic mass is 19.4. The number of tetrazole rings is 1. The van der Waals surface area contributed by atoms with Gasteiger partial charge < -0.3 is 0 Å². The van der Waals surface area contributed by atoms with Crippen molar-refractivity contribution in [2.24, 2.45) is 0 Å². The van der Waals surface area contributed by atoms with Crippen LogP contribution in [0.4, 0.5) is 17.6 Å². The van der Waals surface area contributed by atoms with Gasteiger partial charge in [0.2, 0.25) is 0 Å². The Morgan fingerprint density at radius 1 is 1.20 bits per heavy atom. The van der Waals surface area contributed by atoms with Gasteiger partial charge in [0.15, 0.2) is 0 Å². The second-order valence-electron chi connectivity index (χ2n) is 4.01. The first-order chi connectivity index (χ1) is 9.34. The van der Waals surface area contributed by atoms with E-state index in [4.69, 9.17) is 0 Å². The Bertz CT molecular complexity index is 674. The Kier molecular flexibility index (Phi) is 3.60. The van der Waals surface area contributed by atoms with Crippen molar-refractivity contribution in [3.8, 4) is 0 Å². The van der Waals surface area contributed by atoms with Crippen molar-refractivity contribution in [2.75, 3.05) is 0 Å². The molecule has 0 amide bonds. The molecule has 0 aliphatic carbocycles. The van der Waals surface area contributed by atoms with E-state index in [1.165, 1.54) is 6.07 Å². The normalized spacial score (nSPS) is 11.8. The van der Waals surface area contributed by atoms with Crippen molar-refractivity contribution in [2.45, 2.75) is 26.2 Å². The number of aromatic nitrogens is 4. The summed E-state index contributed by atoms with van der Waals surface area (Å²) in [6.07, 6.45) is -4.79. The van der Waals surface area contributed by atoms with Crippen LogP contribution in [0.25, 0.3) is 0 Å². The van der Waals surface area contributed by atoms with E-state index in [0.717, 1.165) is 15.4 Å².